The van der Waals surface area contributed by atoms with Crippen molar-refractivity contribution in [2.45, 2.75) is 12.4 Å². The Labute approximate surface area is 155 Å². The molecule has 2 nitrogen and oxygen atoms in total. The number of pyridine rings is 1. The van der Waals surface area contributed by atoms with Crippen molar-refractivity contribution in [2.24, 2.45) is 0 Å². The van der Waals surface area contributed by atoms with Crippen LogP contribution >= 0.6 is 0 Å². The molecule has 0 radical (unpaired) electrons. The van der Waals surface area contributed by atoms with E-state index in [0.717, 1.165) is 30.5 Å². The molecule has 3 aromatic rings. The van der Waals surface area contributed by atoms with Gasteiger partial charge >= 0.3 is 12.4 Å². The number of aromatic nitrogens is 1. The summed E-state index contributed by atoms with van der Waals surface area (Å²) in [5, 5.41) is 9.38. The molecule has 0 amide bonds. The summed E-state index contributed by atoms with van der Waals surface area (Å²) < 4.78 is 79.5. The van der Waals surface area contributed by atoms with Gasteiger partial charge < -0.3 is 0 Å². The molecule has 0 aliphatic rings. The molecule has 0 saturated carbocycles. The van der Waals surface area contributed by atoms with E-state index in [4.69, 9.17) is 0 Å². The van der Waals surface area contributed by atoms with Gasteiger partial charge in [-0.05, 0) is 23.8 Å². The second-order valence-electron chi connectivity index (χ2n) is 5.82. The van der Waals surface area contributed by atoms with Crippen LogP contribution in [0.2, 0.25) is 0 Å². The van der Waals surface area contributed by atoms with Crippen LogP contribution in [0.3, 0.4) is 0 Å². The van der Waals surface area contributed by atoms with E-state index in [1.54, 1.807) is 6.07 Å². The molecule has 142 valence electrons. The van der Waals surface area contributed by atoms with Gasteiger partial charge in [0, 0.05) is 17.3 Å². The fourth-order valence-electron chi connectivity index (χ4n) is 2.83. The highest BCUT2D eigenvalue weighted by atomic mass is 19.4. The maximum atomic E-state index is 13.3. The molecule has 0 aliphatic carbocycles. The molecule has 0 atom stereocenters. The highest BCUT2D eigenvalue weighted by Gasteiger charge is 2.35. The highest BCUT2D eigenvalue weighted by Crippen LogP contribution is 2.40. The van der Waals surface area contributed by atoms with E-state index >= 15 is 0 Å². The standard InChI is InChI=1S/C20H10F6N2/c21-19(22,23)16-7-3-1-5-14(16)13-9-12(10-27)18(28-11-13)15-6-2-4-8-17(15)20(24,25)26/h1-9,11H. The molecular weight excluding hydrogens is 382 g/mol. The zero-order chi connectivity index (χ0) is 20.5. The zero-order valence-electron chi connectivity index (χ0n) is 13.9. The molecule has 3 rings (SSSR count). The topological polar surface area (TPSA) is 36.7 Å². The maximum Gasteiger partial charge on any atom is 0.417 e. The van der Waals surface area contributed by atoms with Crippen molar-refractivity contribution in [3.05, 3.63) is 77.5 Å². The lowest BCUT2D eigenvalue weighted by molar-refractivity contribution is -0.137. The first kappa shape index (κ1) is 19.4. The molecule has 0 unspecified atom stereocenters. The molecule has 1 aromatic heterocycles. The molecule has 1 heterocycles. The van der Waals surface area contributed by atoms with Gasteiger partial charge in [-0.3, -0.25) is 4.98 Å². The smallest absolute Gasteiger partial charge is 0.254 e. The first-order chi connectivity index (χ1) is 13.1. The molecule has 0 N–H and O–H groups in total. The minimum atomic E-state index is -4.67. The van der Waals surface area contributed by atoms with E-state index in [2.05, 4.69) is 4.98 Å². The molecule has 0 spiro atoms. The fourth-order valence-corrected chi connectivity index (χ4v) is 2.83. The Morgan fingerprint density at radius 2 is 1.25 bits per heavy atom. The summed E-state index contributed by atoms with van der Waals surface area (Å²) in [4.78, 5) is 3.90. The summed E-state index contributed by atoms with van der Waals surface area (Å²) in [7, 11) is 0. The van der Waals surface area contributed by atoms with Gasteiger partial charge in [-0.25, -0.2) is 0 Å². The minimum absolute atomic E-state index is 0.0160. The van der Waals surface area contributed by atoms with Crippen LogP contribution in [0.4, 0.5) is 26.3 Å². The van der Waals surface area contributed by atoms with Gasteiger partial charge in [-0.1, -0.05) is 36.4 Å². The average molecular weight is 392 g/mol. The van der Waals surface area contributed by atoms with E-state index < -0.39 is 23.5 Å². The van der Waals surface area contributed by atoms with Crippen LogP contribution in [-0.2, 0) is 12.4 Å². The average Bonchev–Trinajstić information content (AvgIpc) is 2.66. The van der Waals surface area contributed by atoms with Gasteiger partial charge in [-0.15, -0.1) is 0 Å². The summed E-state index contributed by atoms with van der Waals surface area (Å²) >= 11 is 0. The lowest BCUT2D eigenvalue weighted by Crippen LogP contribution is -2.08. The molecule has 8 heteroatoms. The highest BCUT2D eigenvalue weighted by molar-refractivity contribution is 5.76. The second kappa shape index (κ2) is 7.00. The Kier molecular flexibility index (Phi) is 4.86. The number of hydrogen-bond acceptors (Lipinski definition) is 2. The number of benzene rings is 2. The lowest BCUT2D eigenvalue weighted by Gasteiger charge is -2.15. The van der Waals surface area contributed by atoms with Crippen molar-refractivity contribution in [1.29, 1.82) is 5.26 Å². The van der Waals surface area contributed by atoms with E-state index in [1.807, 2.05) is 0 Å². The SMILES string of the molecule is N#Cc1cc(-c2ccccc2C(F)(F)F)cnc1-c1ccccc1C(F)(F)F. The van der Waals surface area contributed by atoms with Crippen LogP contribution in [0.1, 0.15) is 16.7 Å². The summed E-state index contributed by atoms with van der Waals surface area (Å²) in [6.45, 7) is 0. The van der Waals surface area contributed by atoms with Crippen molar-refractivity contribution < 1.29 is 26.3 Å². The second-order valence-corrected chi connectivity index (χ2v) is 5.82. The summed E-state index contributed by atoms with van der Waals surface area (Å²) in [6, 6.07) is 12.1. The monoisotopic (exact) mass is 392 g/mol. The van der Waals surface area contributed by atoms with Gasteiger partial charge in [0.25, 0.3) is 0 Å². The van der Waals surface area contributed by atoms with Crippen LogP contribution in [0.25, 0.3) is 22.4 Å². The first-order valence-electron chi connectivity index (χ1n) is 7.86. The van der Waals surface area contributed by atoms with E-state index in [0.29, 0.717) is 0 Å². The van der Waals surface area contributed by atoms with Gasteiger partial charge in [0.2, 0.25) is 0 Å². The van der Waals surface area contributed by atoms with Gasteiger partial charge in [0.05, 0.1) is 22.4 Å². The Balaban J connectivity index is 2.20. The molecule has 0 aliphatic heterocycles. The molecule has 0 fully saturated rings. The third-order valence-electron chi connectivity index (χ3n) is 4.04. The van der Waals surface area contributed by atoms with E-state index in [-0.39, 0.29) is 27.9 Å². The van der Waals surface area contributed by atoms with Crippen LogP contribution in [0.5, 0.6) is 0 Å². The van der Waals surface area contributed by atoms with E-state index in [9.17, 15) is 31.6 Å². The number of hydrogen-bond donors (Lipinski definition) is 0. The molecular formula is C20H10F6N2. The van der Waals surface area contributed by atoms with Crippen molar-refractivity contribution in [3.63, 3.8) is 0 Å². The van der Waals surface area contributed by atoms with Crippen LogP contribution in [-0.4, -0.2) is 4.98 Å². The first-order valence-corrected chi connectivity index (χ1v) is 7.86. The Bertz CT molecular complexity index is 1060. The fraction of sp³-hybridized carbons (Fsp3) is 0.100. The third-order valence-corrected chi connectivity index (χ3v) is 4.04. The molecule has 28 heavy (non-hydrogen) atoms. The molecule has 0 saturated heterocycles. The predicted molar refractivity (Wildman–Crippen MR) is 89.8 cm³/mol. The number of nitrogens with zero attached hydrogens (tertiary/aromatic N) is 2. The van der Waals surface area contributed by atoms with Crippen LogP contribution < -0.4 is 0 Å². The lowest BCUT2D eigenvalue weighted by atomic mass is 9.96. The van der Waals surface area contributed by atoms with Crippen LogP contribution in [0.15, 0.2) is 60.8 Å². The largest absolute Gasteiger partial charge is 0.417 e. The number of nitriles is 1. The van der Waals surface area contributed by atoms with E-state index in [1.165, 1.54) is 30.3 Å². The van der Waals surface area contributed by atoms with Crippen molar-refractivity contribution in [2.75, 3.05) is 0 Å². The van der Waals surface area contributed by atoms with Crippen molar-refractivity contribution >= 4 is 0 Å². The summed E-state index contributed by atoms with van der Waals surface area (Å²) in [5.74, 6) is 0. The number of rotatable bonds is 2. The van der Waals surface area contributed by atoms with Crippen molar-refractivity contribution in [1.82, 2.24) is 4.98 Å². The van der Waals surface area contributed by atoms with Gasteiger partial charge in [0.15, 0.2) is 0 Å². The summed E-state index contributed by atoms with van der Waals surface area (Å²) in [5.41, 5.74) is -2.96. The quantitative estimate of drug-likeness (QED) is 0.478. The molecule has 0 bridgehead atoms. The normalized spacial score (nSPS) is 11.9. The van der Waals surface area contributed by atoms with Crippen molar-refractivity contribution in [3.8, 4) is 28.5 Å². The van der Waals surface area contributed by atoms with Gasteiger partial charge in [0.1, 0.15) is 6.07 Å². The zero-order valence-corrected chi connectivity index (χ0v) is 13.9. The number of halogens is 6. The van der Waals surface area contributed by atoms with Crippen LogP contribution in [0, 0.1) is 11.3 Å². The number of alkyl halides is 6. The van der Waals surface area contributed by atoms with Gasteiger partial charge in [-0.2, -0.15) is 31.6 Å². The molecule has 2 aromatic carbocycles. The summed E-state index contributed by atoms with van der Waals surface area (Å²) in [6.07, 6.45) is -8.27. The Morgan fingerprint density at radius 1 is 0.750 bits per heavy atom. The maximum absolute atomic E-state index is 13.3. The Hall–Kier alpha value is -3.34. The third kappa shape index (κ3) is 3.69. The predicted octanol–water partition coefficient (Wildman–Crippen LogP) is 6.32. The Morgan fingerprint density at radius 3 is 1.79 bits per heavy atom. The minimum Gasteiger partial charge on any atom is -0.254 e.